The highest BCUT2D eigenvalue weighted by Gasteiger charge is 2.58. The molecular formula is C10H17NO3. The van der Waals surface area contributed by atoms with Crippen molar-refractivity contribution in [3.8, 4) is 0 Å². The van der Waals surface area contributed by atoms with Crippen molar-refractivity contribution in [2.45, 2.75) is 44.8 Å². The lowest BCUT2D eigenvalue weighted by Gasteiger charge is -2.22. The van der Waals surface area contributed by atoms with Crippen LogP contribution in [0.4, 0.5) is 0 Å². The van der Waals surface area contributed by atoms with Crippen molar-refractivity contribution in [3.05, 3.63) is 0 Å². The lowest BCUT2D eigenvalue weighted by molar-refractivity contribution is -0.158. The average molecular weight is 199 g/mol. The van der Waals surface area contributed by atoms with Gasteiger partial charge in [-0.25, -0.2) is 0 Å². The van der Waals surface area contributed by atoms with Gasteiger partial charge in [0.2, 0.25) is 0 Å². The van der Waals surface area contributed by atoms with E-state index in [1.807, 2.05) is 0 Å². The molecule has 1 saturated carbocycles. The second-order valence-electron chi connectivity index (χ2n) is 4.85. The second kappa shape index (κ2) is 3.35. The average Bonchev–Trinajstić information content (AvgIpc) is 2.60. The molecule has 0 saturated heterocycles. The van der Waals surface area contributed by atoms with Crippen LogP contribution in [0.2, 0.25) is 0 Å². The van der Waals surface area contributed by atoms with Crippen LogP contribution in [0.15, 0.2) is 0 Å². The van der Waals surface area contributed by atoms with Gasteiger partial charge in [-0.1, -0.05) is 0 Å². The molecule has 0 heterocycles. The maximum absolute atomic E-state index is 11.6. The molecule has 2 atom stereocenters. The summed E-state index contributed by atoms with van der Waals surface area (Å²) in [5.41, 5.74) is 4.37. The largest absolute Gasteiger partial charge is 0.459 e. The van der Waals surface area contributed by atoms with Crippen LogP contribution in [0.5, 0.6) is 0 Å². The van der Waals surface area contributed by atoms with Gasteiger partial charge in [0.05, 0.1) is 0 Å². The van der Waals surface area contributed by atoms with Gasteiger partial charge in [0.25, 0.3) is 0 Å². The first-order chi connectivity index (χ1) is 6.29. The number of ether oxygens (including phenoxy) is 1. The van der Waals surface area contributed by atoms with Crippen LogP contribution in [-0.4, -0.2) is 23.4 Å². The first-order valence-corrected chi connectivity index (χ1v) is 4.75. The molecule has 1 aliphatic carbocycles. The van der Waals surface area contributed by atoms with Crippen molar-refractivity contribution >= 4 is 12.3 Å². The quantitative estimate of drug-likeness (QED) is 0.534. The zero-order valence-electron chi connectivity index (χ0n) is 8.87. The number of hydrogen-bond donors (Lipinski definition) is 1. The molecule has 0 spiro atoms. The van der Waals surface area contributed by atoms with Crippen LogP contribution in [0.3, 0.4) is 0 Å². The van der Waals surface area contributed by atoms with E-state index in [0.29, 0.717) is 12.8 Å². The summed E-state index contributed by atoms with van der Waals surface area (Å²) in [7, 11) is 0. The molecule has 0 aromatic rings. The van der Waals surface area contributed by atoms with Crippen LogP contribution in [-0.2, 0) is 14.3 Å². The molecular weight excluding hydrogens is 182 g/mol. The molecule has 1 rings (SSSR count). The van der Waals surface area contributed by atoms with Crippen molar-refractivity contribution in [1.82, 2.24) is 0 Å². The van der Waals surface area contributed by atoms with Crippen LogP contribution in [0, 0.1) is 5.92 Å². The maximum Gasteiger partial charge on any atom is 0.326 e. The molecule has 0 radical (unpaired) electrons. The lowest BCUT2D eigenvalue weighted by Crippen LogP contribution is -2.41. The van der Waals surface area contributed by atoms with Crippen LogP contribution < -0.4 is 5.73 Å². The van der Waals surface area contributed by atoms with Crippen molar-refractivity contribution in [2.75, 3.05) is 0 Å². The predicted octanol–water partition coefficient (Wildman–Crippen LogP) is 0.634. The Labute approximate surface area is 83.8 Å². The first-order valence-electron chi connectivity index (χ1n) is 4.75. The number of nitrogens with two attached hydrogens (primary N) is 1. The van der Waals surface area contributed by atoms with E-state index in [9.17, 15) is 9.59 Å². The number of rotatable bonds is 3. The van der Waals surface area contributed by atoms with Crippen LogP contribution in [0.1, 0.15) is 33.6 Å². The fourth-order valence-corrected chi connectivity index (χ4v) is 1.38. The highest BCUT2D eigenvalue weighted by atomic mass is 16.6. The summed E-state index contributed by atoms with van der Waals surface area (Å²) in [6.07, 6.45) is 1.69. The summed E-state index contributed by atoms with van der Waals surface area (Å²) in [4.78, 5) is 21.8. The summed E-state index contributed by atoms with van der Waals surface area (Å²) >= 11 is 0. The number of hydrogen-bond acceptors (Lipinski definition) is 4. The van der Waals surface area contributed by atoms with E-state index in [-0.39, 0.29) is 5.92 Å². The zero-order valence-corrected chi connectivity index (χ0v) is 8.87. The minimum absolute atomic E-state index is 0.0325. The monoisotopic (exact) mass is 199 g/mol. The van der Waals surface area contributed by atoms with Gasteiger partial charge >= 0.3 is 5.97 Å². The first kappa shape index (κ1) is 11.2. The molecule has 80 valence electrons. The van der Waals surface area contributed by atoms with E-state index >= 15 is 0 Å². The third-order valence-corrected chi connectivity index (χ3v) is 2.31. The molecule has 2 N–H and O–H groups in total. The third kappa shape index (κ3) is 2.32. The van der Waals surface area contributed by atoms with Crippen molar-refractivity contribution in [1.29, 1.82) is 0 Å². The molecule has 0 aromatic carbocycles. The minimum atomic E-state index is -0.909. The Morgan fingerprint density at radius 2 is 2.21 bits per heavy atom. The molecule has 0 aliphatic heterocycles. The summed E-state index contributed by atoms with van der Waals surface area (Å²) in [6, 6.07) is 0. The number of carbonyl (C=O) groups excluding carboxylic acids is 2. The van der Waals surface area contributed by atoms with Crippen LogP contribution in [0.25, 0.3) is 0 Å². The predicted molar refractivity (Wildman–Crippen MR) is 51.6 cm³/mol. The van der Waals surface area contributed by atoms with E-state index in [4.69, 9.17) is 10.5 Å². The van der Waals surface area contributed by atoms with Crippen molar-refractivity contribution in [2.24, 2.45) is 11.7 Å². The van der Waals surface area contributed by atoms with Gasteiger partial charge in [0.15, 0.2) is 0 Å². The Morgan fingerprint density at radius 3 is 2.64 bits per heavy atom. The Kier molecular flexibility index (Phi) is 2.67. The standard InChI is InChI=1S/C10H17NO3/c1-9(2,3)14-8(13)10(11)6-7(10)4-5-12/h5,7H,4,6,11H2,1-3H3. The topological polar surface area (TPSA) is 69.4 Å². The Morgan fingerprint density at radius 1 is 1.64 bits per heavy atom. The van der Waals surface area contributed by atoms with Gasteiger partial charge < -0.3 is 15.3 Å². The van der Waals surface area contributed by atoms with Gasteiger partial charge in [-0.3, -0.25) is 4.79 Å². The Bertz CT molecular complexity index is 257. The van der Waals surface area contributed by atoms with Gasteiger partial charge in [-0.05, 0) is 33.1 Å². The highest BCUT2D eigenvalue weighted by Crippen LogP contribution is 2.44. The smallest absolute Gasteiger partial charge is 0.326 e. The number of carbonyl (C=O) groups is 2. The van der Waals surface area contributed by atoms with Crippen LogP contribution >= 0.6 is 0 Å². The molecule has 4 heteroatoms. The van der Waals surface area contributed by atoms with Crippen molar-refractivity contribution < 1.29 is 14.3 Å². The molecule has 14 heavy (non-hydrogen) atoms. The highest BCUT2D eigenvalue weighted by molar-refractivity contribution is 5.85. The SMILES string of the molecule is CC(C)(C)OC(=O)C1(N)CC1CC=O. The fraction of sp³-hybridized carbons (Fsp3) is 0.800. The van der Waals surface area contributed by atoms with Gasteiger partial charge in [0, 0.05) is 6.42 Å². The zero-order chi connectivity index (χ0) is 11.0. The van der Waals surface area contributed by atoms with E-state index in [2.05, 4.69) is 0 Å². The molecule has 0 aromatic heterocycles. The van der Waals surface area contributed by atoms with E-state index in [1.165, 1.54) is 0 Å². The summed E-state index contributed by atoms with van der Waals surface area (Å²) in [5.74, 6) is -0.424. The lowest BCUT2D eigenvalue weighted by atomic mass is 10.1. The Balaban J connectivity index is 2.51. The van der Waals surface area contributed by atoms with E-state index in [1.54, 1.807) is 20.8 Å². The van der Waals surface area contributed by atoms with Gasteiger partial charge in [0.1, 0.15) is 17.4 Å². The fourth-order valence-electron chi connectivity index (χ4n) is 1.38. The summed E-state index contributed by atoms with van der Waals surface area (Å²) < 4.78 is 5.16. The molecule has 0 amide bonds. The Hall–Kier alpha value is -0.900. The maximum atomic E-state index is 11.6. The van der Waals surface area contributed by atoms with Gasteiger partial charge in [-0.15, -0.1) is 0 Å². The molecule has 1 aliphatic rings. The molecule has 0 bridgehead atoms. The van der Waals surface area contributed by atoms with E-state index < -0.39 is 17.1 Å². The normalized spacial score (nSPS) is 31.0. The second-order valence-corrected chi connectivity index (χ2v) is 4.85. The summed E-state index contributed by atoms with van der Waals surface area (Å²) in [5, 5.41) is 0. The summed E-state index contributed by atoms with van der Waals surface area (Å²) in [6.45, 7) is 5.39. The van der Waals surface area contributed by atoms with E-state index in [0.717, 1.165) is 6.29 Å². The molecule has 4 nitrogen and oxygen atoms in total. The molecule has 2 unspecified atom stereocenters. The number of aldehydes is 1. The third-order valence-electron chi connectivity index (χ3n) is 2.31. The minimum Gasteiger partial charge on any atom is -0.459 e. The number of esters is 1. The van der Waals surface area contributed by atoms with Gasteiger partial charge in [-0.2, -0.15) is 0 Å². The molecule has 1 fully saturated rings. The van der Waals surface area contributed by atoms with Crippen molar-refractivity contribution in [3.63, 3.8) is 0 Å².